The summed E-state index contributed by atoms with van der Waals surface area (Å²) in [5.74, 6) is 0. The van der Waals surface area contributed by atoms with E-state index in [0.717, 1.165) is 6.42 Å². The van der Waals surface area contributed by atoms with Crippen LogP contribution in [-0.2, 0) is 9.47 Å². The smallest absolute Gasteiger partial charge is 0.0697 e. The van der Waals surface area contributed by atoms with Gasteiger partial charge < -0.3 is 20.3 Å². The summed E-state index contributed by atoms with van der Waals surface area (Å²) in [6.45, 7) is 3.01. The molecule has 0 heterocycles. The highest BCUT2D eigenvalue weighted by atomic mass is 16.5. The van der Waals surface area contributed by atoms with Gasteiger partial charge in [-0.1, -0.05) is 0 Å². The predicted molar refractivity (Wildman–Crippen MR) is 42.4 cm³/mol. The molecule has 0 aromatic carbocycles. The van der Waals surface area contributed by atoms with Crippen molar-refractivity contribution in [3.63, 3.8) is 0 Å². The molecule has 0 unspecified atom stereocenters. The summed E-state index contributed by atoms with van der Waals surface area (Å²) in [4.78, 5) is 0. The molecular weight excluding hydrogens is 146 g/mol. The third-order valence-electron chi connectivity index (χ3n) is 1.08. The van der Waals surface area contributed by atoms with Gasteiger partial charge in [0.25, 0.3) is 0 Å². The molecule has 0 aliphatic rings. The normalized spacial score (nSPS) is 10.4. The van der Waals surface area contributed by atoms with E-state index >= 15 is 0 Å². The van der Waals surface area contributed by atoms with Crippen LogP contribution in [0.2, 0.25) is 0 Å². The number of rotatable bonds is 8. The Balaban J connectivity index is 2.69. The standard InChI is InChI=1S/C7H17NO3/c8-2-6-10-4-1-5-11-7-3-9/h9H,1-8H2. The molecule has 4 heteroatoms. The minimum Gasteiger partial charge on any atom is -0.394 e. The summed E-state index contributed by atoms with van der Waals surface area (Å²) in [7, 11) is 0. The highest BCUT2D eigenvalue weighted by Crippen LogP contribution is 1.83. The number of ether oxygens (including phenoxy) is 2. The van der Waals surface area contributed by atoms with E-state index in [1.54, 1.807) is 0 Å². The third-order valence-corrected chi connectivity index (χ3v) is 1.08. The van der Waals surface area contributed by atoms with E-state index in [1.165, 1.54) is 0 Å². The number of aliphatic hydroxyl groups is 1. The first-order valence-corrected chi connectivity index (χ1v) is 3.88. The molecule has 0 atom stereocenters. The van der Waals surface area contributed by atoms with E-state index in [1.807, 2.05) is 0 Å². The van der Waals surface area contributed by atoms with E-state index in [0.29, 0.717) is 33.0 Å². The van der Waals surface area contributed by atoms with Crippen LogP contribution in [0.5, 0.6) is 0 Å². The molecule has 0 saturated carbocycles. The van der Waals surface area contributed by atoms with Crippen LogP contribution < -0.4 is 5.73 Å². The van der Waals surface area contributed by atoms with E-state index in [4.69, 9.17) is 20.3 Å². The van der Waals surface area contributed by atoms with Crippen LogP contribution in [0.1, 0.15) is 6.42 Å². The topological polar surface area (TPSA) is 64.7 Å². The van der Waals surface area contributed by atoms with Crippen molar-refractivity contribution >= 4 is 0 Å². The van der Waals surface area contributed by atoms with Crippen LogP contribution in [-0.4, -0.2) is 44.7 Å². The molecule has 0 saturated heterocycles. The highest BCUT2D eigenvalue weighted by molar-refractivity contribution is 4.36. The first-order valence-electron chi connectivity index (χ1n) is 3.88. The molecule has 0 fully saturated rings. The van der Waals surface area contributed by atoms with Crippen LogP contribution in [0.4, 0.5) is 0 Å². The van der Waals surface area contributed by atoms with Gasteiger partial charge >= 0.3 is 0 Å². The third kappa shape index (κ3) is 9.84. The maximum Gasteiger partial charge on any atom is 0.0697 e. The van der Waals surface area contributed by atoms with Crippen LogP contribution in [0.25, 0.3) is 0 Å². The zero-order valence-electron chi connectivity index (χ0n) is 6.79. The maximum absolute atomic E-state index is 8.33. The Morgan fingerprint density at radius 2 is 1.64 bits per heavy atom. The Labute approximate surface area is 67.3 Å². The molecule has 0 radical (unpaired) electrons. The van der Waals surface area contributed by atoms with E-state index in [-0.39, 0.29) is 6.61 Å². The Bertz CT molecular complexity index is 62.7. The first-order chi connectivity index (χ1) is 5.41. The SMILES string of the molecule is NCCOCCCOCCO. The fourth-order valence-electron chi connectivity index (χ4n) is 0.615. The predicted octanol–water partition coefficient (Wildman–Crippen LogP) is -0.639. The summed E-state index contributed by atoms with van der Waals surface area (Å²) in [5.41, 5.74) is 5.20. The van der Waals surface area contributed by atoms with Gasteiger partial charge in [-0.3, -0.25) is 0 Å². The molecule has 0 aliphatic carbocycles. The molecule has 4 nitrogen and oxygen atoms in total. The van der Waals surface area contributed by atoms with Crippen molar-refractivity contribution in [1.82, 2.24) is 0 Å². The summed E-state index contributed by atoms with van der Waals surface area (Å²) in [6.07, 6.45) is 0.861. The second-order valence-corrected chi connectivity index (χ2v) is 2.09. The Morgan fingerprint density at radius 1 is 1.00 bits per heavy atom. The summed E-state index contributed by atoms with van der Waals surface area (Å²) in [5, 5.41) is 8.33. The molecular formula is C7H17NO3. The van der Waals surface area contributed by atoms with Crippen molar-refractivity contribution in [2.75, 3.05) is 39.6 Å². The Morgan fingerprint density at radius 3 is 2.18 bits per heavy atom. The fraction of sp³-hybridized carbons (Fsp3) is 1.00. The number of hydrogen-bond acceptors (Lipinski definition) is 4. The first kappa shape index (κ1) is 10.8. The Hall–Kier alpha value is -0.160. The molecule has 0 bridgehead atoms. The second-order valence-electron chi connectivity index (χ2n) is 2.09. The quantitative estimate of drug-likeness (QED) is 0.467. The van der Waals surface area contributed by atoms with Gasteiger partial charge in [-0.15, -0.1) is 0 Å². The van der Waals surface area contributed by atoms with Crippen LogP contribution in [0.15, 0.2) is 0 Å². The van der Waals surface area contributed by atoms with Crippen molar-refractivity contribution in [2.24, 2.45) is 5.73 Å². The van der Waals surface area contributed by atoms with Crippen LogP contribution in [0, 0.1) is 0 Å². The van der Waals surface area contributed by atoms with Crippen molar-refractivity contribution in [3.05, 3.63) is 0 Å². The fourth-order valence-corrected chi connectivity index (χ4v) is 0.615. The van der Waals surface area contributed by atoms with Crippen molar-refractivity contribution < 1.29 is 14.6 Å². The molecule has 0 amide bonds. The van der Waals surface area contributed by atoms with Crippen molar-refractivity contribution in [1.29, 1.82) is 0 Å². The monoisotopic (exact) mass is 163 g/mol. The number of nitrogens with two attached hydrogens (primary N) is 1. The largest absolute Gasteiger partial charge is 0.394 e. The molecule has 0 aromatic rings. The summed E-state index contributed by atoms with van der Waals surface area (Å²) < 4.78 is 10.1. The van der Waals surface area contributed by atoms with Crippen molar-refractivity contribution in [3.8, 4) is 0 Å². The highest BCUT2D eigenvalue weighted by Gasteiger charge is 1.88. The van der Waals surface area contributed by atoms with Gasteiger partial charge in [0.15, 0.2) is 0 Å². The summed E-state index contributed by atoms with van der Waals surface area (Å²) in [6, 6.07) is 0. The average Bonchev–Trinajstić information content (AvgIpc) is 2.03. The van der Waals surface area contributed by atoms with Gasteiger partial charge in [-0.25, -0.2) is 0 Å². The minimum absolute atomic E-state index is 0.0870. The lowest BCUT2D eigenvalue weighted by molar-refractivity contribution is 0.0656. The van der Waals surface area contributed by atoms with E-state index in [2.05, 4.69) is 0 Å². The maximum atomic E-state index is 8.33. The molecule has 0 spiro atoms. The molecule has 68 valence electrons. The average molecular weight is 163 g/mol. The van der Waals surface area contributed by atoms with Crippen molar-refractivity contribution in [2.45, 2.75) is 6.42 Å². The molecule has 0 aromatic heterocycles. The molecule has 11 heavy (non-hydrogen) atoms. The van der Waals surface area contributed by atoms with Gasteiger partial charge in [0.2, 0.25) is 0 Å². The van der Waals surface area contributed by atoms with Gasteiger partial charge in [0, 0.05) is 19.8 Å². The van der Waals surface area contributed by atoms with Gasteiger partial charge in [-0.2, -0.15) is 0 Å². The zero-order chi connectivity index (χ0) is 8.36. The number of hydrogen-bond donors (Lipinski definition) is 2. The van der Waals surface area contributed by atoms with Gasteiger partial charge in [0.05, 0.1) is 19.8 Å². The lowest BCUT2D eigenvalue weighted by Gasteiger charge is -2.02. The number of aliphatic hydroxyl groups excluding tert-OH is 1. The molecule has 0 aliphatic heterocycles. The molecule has 0 rings (SSSR count). The van der Waals surface area contributed by atoms with E-state index in [9.17, 15) is 0 Å². The second kappa shape index (κ2) is 9.84. The lowest BCUT2D eigenvalue weighted by Crippen LogP contribution is -2.10. The molecule has 3 N–H and O–H groups in total. The lowest BCUT2D eigenvalue weighted by atomic mass is 10.5. The zero-order valence-corrected chi connectivity index (χ0v) is 6.79. The summed E-state index contributed by atoms with van der Waals surface area (Å²) >= 11 is 0. The van der Waals surface area contributed by atoms with Crippen LogP contribution >= 0.6 is 0 Å². The van der Waals surface area contributed by atoms with Gasteiger partial charge in [0.1, 0.15) is 0 Å². The Kier molecular flexibility index (Phi) is 9.70. The van der Waals surface area contributed by atoms with Crippen LogP contribution in [0.3, 0.4) is 0 Å². The van der Waals surface area contributed by atoms with E-state index < -0.39 is 0 Å². The minimum atomic E-state index is 0.0870. The van der Waals surface area contributed by atoms with Gasteiger partial charge in [-0.05, 0) is 6.42 Å².